The summed E-state index contributed by atoms with van der Waals surface area (Å²) >= 11 is 0. The van der Waals surface area contributed by atoms with Crippen molar-refractivity contribution in [2.75, 3.05) is 26.2 Å². The van der Waals surface area contributed by atoms with E-state index in [0.29, 0.717) is 34.0 Å². The molecule has 46 heavy (non-hydrogen) atoms. The molecule has 5 saturated carbocycles. The van der Waals surface area contributed by atoms with Gasteiger partial charge in [-0.3, -0.25) is 4.79 Å². The van der Waals surface area contributed by atoms with Crippen LogP contribution in [-0.2, 0) is 19.0 Å². The van der Waals surface area contributed by atoms with Crippen molar-refractivity contribution < 1.29 is 33.7 Å². The van der Waals surface area contributed by atoms with Crippen LogP contribution in [0.5, 0.6) is 0 Å². The van der Waals surface area contributed by atoms with Crippen LogP contribution < -0.4 is 0 Å². The molecule has 3 heterocycles. The Morgan fingerprint density at radius 2 is 1.59 bits per heavy atom. The molecule has 9 heteroatoms. The number of carboxylic acid groups (broad SMARTS) is 1. The first-order chi connectivity index (χ1) is 21.8. The van der Waals surface area contributed by atoms with Crippen LogP contribution in [0.2, 0.25) is 0 Å². The maximum absolute atomic E-state index is 13.0. The zero-order chi connectivity index (χ0) is 32.4. The molecule has 0 radical (unpaired) electrons. The lowest BCUT2D eigenvalue weighted by Crippen LogP contribution is -2.57. The predicted octanol–water partition coefficient (Wildman–Crippen LogP) is 6.58. The van der Waals surface area contributed by atoms with Crippen molar-refractivity contribution in [3.63, 3.8) is 0 Å². The van der Waals surface area contributed by atoms with E-state index < -0.39 is 11.9 Å². The highest BCUT2D eigenvalue weighted by molar-refractivity contribution is 5.76. The largest absolute Gasteiger partial charge is 0.481 e. The van der Waals surface area contributed by atoms with Gasteiger partial charge < -0.3 is 29.1 Å². The van der Waals surface area contributed by atoms with Crippen LogP contribution in [0, 0.1) is 57.2 Å². The molecule has 11 atom stereocenters. The van der Waals surface area contributed by atoms with Crippen LogP contribution in [0.25, 0.3) is 0 Å². The van der Waals surface area contributed by atoms with E-state index in [2.05, 4.69) is 34.6 Å². The van der Waals surface area contributed by atoms with Gasteiger partial charge in [-0.25, -0.2) is 9.59 Å². The quantitative estimate of drug-likeness (QED) is 0.362. The van der Waals surface area contributed by atoms with Gasteiger partial charge in [0.1, 0.15) is 12.2 Å². The Labute approximate surface area is 274 Å². The summed E-state index contributed by atoms with van der Waals surface area (Å²) in [5.74, 6) is 1.49. The number of aliphatic carboxylic acids is 1. The predicted molar refractivity (Wildman–Crippen MR) is 170 cm³/mol. The lowest BCUT2D eigenvalue weighted by molar-refractivity contribution is -0.153. The van der Waals surface area contributed by atoms with E-state index in [4.69, 9.17) is 14.2 Å². The van der Waals surface area contributed by atoms with E-state index in [1.54, 1.807) is 4.90 Å². The van der Waals surface area contributed by atoms with Crippen LogP contribution in [0.15, 0.2) is 0 Å². The zero-order valence-corrected chi connectivity index (χ0v) is 28.7. The molecule has 9 nitrogen and oxygen atoms in total. The van der Waals surface area contributed by atoms with E-state index in [1.807, 2.05) is 4.90 Å². The number of ether oxygens (including phenoxy) is 3. The van der Waals surface area contributed by atoms with Gasteiger partial charge in [0.15, 0.2) is 0 Å². The molecule has 0 aromatic carbocycles. The molecule has 3 aliphatic heterocycles. The van der Waals surface area contributed by atoms with Crippen LogP contribution in [0.4, 0.5) is 9.59 Å². The molecular weight excluding hydrogens is 584 g/mol. The van der Waals surface area contributed by atoms with Gasteiger partial charge in [0.05, 0.1) is 18.1 Å². The number of carboxylic acids is 1. The summed E-state index contributed by atoms with van der Waals surface area (Å²) in [6.07, 6.45) is 12.2. The minimum absolute atomic E-state index is 0.0164. The number of carbonyl (C=O) groups is 3. The molecule has 2 amide bonds. The Morgan fingerprint density at radius 3 is 2.26 bits per heavy atom. The van der Waals surface area contributed by atoms with Crippen LogP contribution in [0.3, 0.4) is 0 Å². The molecule has 3 saturated heterocycles. The smallest absolute Gasteiger partial charge is 0.410 e. The Morgan fingerprint density at radius 1 is 0.848 bits per heavy atom. The highest BCUT2D eigenvalue weighted by atomic mass is 16.6. The van der Waals surface area contributed by atoms with Crippen molar-refractivity contribution in [1.82, 2.24) is 9.80 Å². The van der Waals surface area contributed by atoms with Gasteiger partial charge in [-0.05, 0) is 116 Å². The normalized spacial score (nSPS) is 45.9. The second-order valence-corrected chi connectivity index (χ2v) is 18.1. The monoisotopic (exact) mass is 640 g/mol. The molecule has 5 aliphatic carbocycles. The second kappa shape index (κ2) is 10.5. The average Bonchev–Trinajstić information content (AvgIpc) is 3.51. The molecule has 0 bridgehead atoms. The average molecular weight is 641 g/mol. The van der Waals surface area contributed by atoms with Crippen LogP contribution in [0.1, 0.15) is 105 Å². The molecule has 8 aliphatic rings. The minimum atomic E-state index is -0.834. The van der Waals surface area contributed by atoms with E-state index >= 15 is 0 Å². The van der Waals surface area contributed by atoms with Crippen molar-refractivity contribution in [2.24, 2.45) is 57.2 Å². The standard InChI is InChI=1S/C37H56N2O7/c1-21(2)30(46-32(42)38-15-6-16-38)26-9-7-24-27(44-26)17-25-23-8-10-28-34(3,4)29(45-33(43)39-18-22(19-39)31(40)41)11-12-37(28)20-36(23,37)14-13-35(24,25)5/h21-30H,6-20H2,1-5H3,(H,40,41). The highest BCUT2D eigenvalue weighted by Crippen LogP contribution is 2.87. The SMILES string of the molecule is CC(C)C(OC(=O)N1CCC1)C1CCC2C(CC3C4CCC5C(C)(C)C(OC(=O)N6CC(C(=O)O)C6)CCC56CC46CCC23C)O1. The first kappa shape index (κ1) is 31.3. The zero-order valence-electron chi connectivity index (χ0n) is 28.7. The number of hydrogen-bond acceptors (Lipinski definition) is 6. The summed E-state index contributed by atoms with van der Waals surface area (Å²) in [7, 11) is 0. The van der Waals surface area contributed by atoms with Gasteiger partial charge in [-0.15, -0.1) is 0 Å². The summed E-state index contributed by atoms with van der Waals surface area (Å²) in [5, 5.41) is 9.23. The molecule has 2 spiro atoms. The molecule has 0 aromatic heterocycles. The fourth-order valence-corrected chi connectivity index (χ4v) is 13.0. The Bertz CT molecular complexity index is 1280. The van der Waals surface area contributed by atoms with Crippen molar-refractivity contribution in [3.8, 4) is 0 Å². The number of hydrogen-bond donors (Lipinski definition) is 1. The first-order valence-electron chi connectivity index (χ1n) is 18.6. The summed E-state index contributed by atoms with van der Waals surface area (Å²) < 4.78 is 19.3. The summed E-state index contributed by atoms with van der Waals surface area (Å²) in [4.78, 5) is 40.4. The van der Waals surface area contributed by atoms with Gasteiger partial charge >= 0.3 is 18.2 Å². The lowest BCUT2D eigenvalue weighted by atomic mass is 9.46. The highest BCUT2D eigenvalue weighted by Gasteiger charge is 2.81. The Hall–Kier alpha value is -2.03. The third-order valence-electron chi connectivity index (χ3n) is 15.7. The summed E-state index contributed by atoms with van der Waals surface area (Å²) in [5.41, 5.74) is 0.995. The number of nitrogens with zero attached hydrogens (tertiary/aromatic N) is 2. The topological polar surface area (TPSA) is 106 Å². The van der Waals surface area contributed by atoms with Gasteiger partial charge in [-0.1, -0.05) is 34.6 Å². The van der Waals surface area contributed by atoms with E-state index in [0.717, 1.165) is 51.1 Å². The number of fused-ring (bicyclic) bond motifs is 4. The van der Waals surface area contributed by atoms with Crippen LogP contribution >= 0.6 is 0 Å². The van der Waals surface area contributed by atoms with Crippen molar-refractivity contribution in [2.45, 2.75) is 130 Å². The van der Waals surface area contributed by atoms with Gasteiger partial charge in [0.25, 0.3) is 0 Å². The molecule has 1 N–H and O–H groups in total. The van der Waals surface area contributed by atoms with Gasteiger partial charge in [0.2, 0.25) is 0 Å². The van der Waals surface area contributed by atoms with Gasteiger partial charge in [0, 0.05) is 31.6 Å². The second-order valence-electron chi connectivity index (χ2n) is 18.1. The van der Waals surface area contributed by atoms with E-state index in [1.165, 1.54) is 38.5 Å². The number of likely N-dealkylation sites (tertiary alicyclic amines) is 2. The van der Waals surface area contributed by atoms with E-state index in [9.17, 15) is 19.5 Å². The van der Waals surface area contributed by atoms with Crippen molar-refractivity contribution >= 4 is 18.2 Å². The maximum atomic E-state index is 13.0. The Balaban J connectivity index is 0.948. The lowest BCUT2D eigenvalue weighted by Gasteiger charge is -2.59. The maximum Gasteiger partial charge on any atom is 0.410 e. The fourth-order valence-electron chi connectivity index (χ4n) is 13.0. The van der Waals surface area contributed by atoms with Crippen molar-refractivity contribution in [1.29, 1.82) is 0 Å². The van der Waals surface area contributed by atoms with Crippen LogP contribution in [-0.4, -0.2) is 83.7 Å². The fraction of sp³-hybridized carbons (Fsp3) is 0.919. The first-order valence-corrected chi connectivity index (χ1v) is 18.6. The molecule has 256 valence electrons. The number of carbonyl (C=O) groups excluding carboxylic acids is 2. The molecule has 8 rings (SSSR count). The third kappa shape index (κ3) is 4.30. The van der Waals surface area contributed by atoms with Gasteiger partial charge in [-0.2, -0.15) is 0 Å². The van der Waals surface area contributed by atoms with E-state index in [-0.39, 0.29) is 61.0 Å². The third-order valence-corrected chi connectivity index (χ3v) is 15.7. The Kier molecular flexibility index (Phi) is 7.12. The van der Waals surface area contributed by atoms with Crippen molar-refractivity contribution in [3.05, 3.63) is 0 Å². The molecular formula is C37H56N2O7. The number of amides is 2. The summed E-state index contributed by atoms with van der Waals surface area (Å²) in [6, 6.07) is 0. The minimum Gasteiger partial charge on any atom is -0.481 e. The number of rotatable bonds is 5. The molecule has 11 unspecified atom stereocenters. The molecule has 8 fully saturated rings. The summed E-state index contributed by atoms with van der Waals surface area (Å²) in [6.45, 7) is 13.7. The molecule has 0 aromatic rings.